The van der Waals surface area contributed by atoms with E-state index in [1.165, 1.54) is 22.8 Å². The van der Waals surface area contributed by atoms with E-state index < -0.39 is 11.6 Å². The predicted octanol–water partition coefficient (Wildman–Crippen LogP) is 4.85. The Morgan fingerprint density at radius 2 is 1.71 bits per heavy atom. The van der Waals surface area contributed by atoms with Crippen LogP contribution in [0.2, 0.25) is 0 Å². The molecule has 0 spiro atoms. The van der Waals surface area contributed by atoms with Crippen LogP contribution in [0.4, 0.5) is 8.78 Å². The van der Waals surface area contributed by atoms with E-state index in [1.807, 2.05) is 13.1 Å². The van der Waals surface area contributed by atoms with E-state index in [0.29, 0.717) is 0 Å². The molecule has 0 saturated heterocycles. The van der Waals surface area contributed by atoms with Gasteiger partial charge in [0.25, 0.3) is 0 Å². The van der Waals surface area contributed by atoms with Crippen LogP contribution in [-0.2, 0) is 6.42 Å². The van der Waals surface area contributed by atoms with Gasteiger partial charge in [0, 0.05) is 6.04 Å². The van der Waals surface area contributed by atoms with Gasteiger partial charge in [0.1, 0.15) is 0 Å². The number of likely N-dealkylation sites (N-methyl/N-ethyl adjacent to an activating group) is 1. The fourth-order valence-electron chi connectivity index (χ4n) is 2.55. The van der Waals surface area contributed by atoms with Gasteiger partial charge >= 0.3 is 0 Å². The van der Waals surface area contributed by atoms with Gasteiger partial charge in [-0.2, -0.15) is 0 Å². The molecule has 0 aliphatic rings. The standard InChI is InChI=1S/C17H18BrF2N/c1-10-5-4-6-11(2)13(10)9-15(21-3)12-7-8-14(19)17(20)16(12)18/h4-8,15,21H,9H2,1-3H3. The fraction of sp³-hybridized carbons (Fsp3) is 0.294. The quantitative estimate of drug-likeness (QED) is 0.775. The van der Waals surface area contributed by atoms with Crippen LogP contribution in [0.25, 0.3) is 0 Å². The topological polar surface area (TPSA) is 12.0 Å². The SMILES string of the molecule is CNC(Cc1c(C)cccc1C)c1ccc(F)c(F)c1Br. The van der Waals surface area contributed by atoms with Crippen LogP contribution in [-0.4, -0.2) is 7.05 Å². The Hall–Kier alpha value is -1.26. The Labute approximate surface area is 132 Å². The number of aryl methyl sites for hydroxylation is 2. The van der Waals surface area contributed by atoms with Gasteiger partial charge in [-0.3, -0.25) is 0 Å². The molecule has 0 aliphatic heterocycles. The summed E-state index contributed by atoms with van der Waals surface area (Å²) in [6.45, 7) is 4.13. The lowest BCUT2D eigenvalue weighted by atomic mass is 9.93. The molecule has 0 saturated carbocycles. The van der Waals surface area contributed by atoms with Crippen molar-refractivity contribution in [2.45, 2.75) is 26.3 Å². The second kappa shape index (κ2) is 6.67. The molecule has 0 fully saturated rings. The van der Waals surface area contributed by atoms with Crippen molar-refractivity contribution in [1.82, 2.24) is 5.32 Å². The summed E-state index contributed by atoms with van der Waals surface area (Å²) in [7, 11) is 1.83. The van der Waals surface area contributed by atoms with Gasteiger partial charge in [-0.25, -0.2) is 8.78 Å². The molecule has 1 nitrogen and oxygen atoms in total. The first-order valence-corrected chi connectivity index (χ1v) is 7.60. The highest BCUT2D eigenvalue weighted by Crippen LogP contribution is 2.31. The molecule has 4 heteroatoms. The van der Waals surface area contributed by atoms with Crippen molar-refractivity contribution in [3.05, 3.63) is 68.7 Å². The molecule has 1 unspecified atom stereocenters. The highest BCUT2D eigenvalue weighted by Gasteiger charge is 2.19. The molecular weight excluding hydrogens is 336 g/mol. The summed E-state index contributed by atoms with van der Waals surface area (Å²) < 4.78 is 27.2. The first kappa shape index (κ1) is 16.1. The van der Waals surface area contributed by atoms with E-state index in [-0.39, 0.29) is 10.5 Å². The van der Waals surface area contributed by atoms with E-state index >= 15 is 0 Å². The summed E-state index contributed by atoms with van der Waals surface area (Å²) in [5.41, 5.74) is 4.36. The van der Waals surface area contributed by atoms with Crippen LogP contribution in [0, 0.1) is 25.5 Å². The lowest BCUT2D eigenvalue weighted by Crippen LogP contribution is -2.20. The third-order valence-corrected chi connectivity index (χ3v) is 4.65. The van der Waals surface area contributed by atoms with Crippen LogP contribution < -0.4 is 5.32 Å². The lowest BCUT2D eigenvalue weighted by molar-refractivity contribution is 0.495. The highest BCUT2D eigenvalue weighted by molar-refractivity contribution is 9.10. The van der Waals surface area contributed by atoms with Gasteiger partial charge < -0.3 is 5.32 Å². The summed E-state index contributed by atoms with van der Waals surface area (Å²) in [5, 5.41) is 3.19. The molecule has 2 rings (SSSR count). The Morgan fingerprint density at radius 1 is 1.10 bits per heavy atom. The molecule has 0 aliphatic carbocycles. The monoisotopic (exact) mass is 353 g/mol. The number of halogens is 3. The summed E-state index contributed by atoms with van der Waals surface area (Å²) in [4.78, 5) is 0. The maximum Gasteiger partial charge on any atom is 0.173 e. The van der Waals surface area contributed by atoms with Crippen molar-refractivity contribution in [2.24, 2.45) is 0 Å². The maximum absolute atomic E-state index is 13.7. The van der Waals surface area contributed by atoms with Crippen LogP contribution >= 0.6 is 15.9 Å². The minimum atomic E-state index is -0.840. The molecule has 0 heterocycles. The van der Waals surface area contributed by atoms with Crippen molar-refractivity contribution in [3.8, 4) is 0 Å². The van der Waals surface area contributed by atoms with Crippen molar-refractivity contribution in [1.29, 1.82) is 0 Å². The summed E-state index contributed by atoms with van der Waals surface area (Å²) >= 11 is 3.17. The molecule has 2 aromatic rings. The summed E-state index contributed by atoms with van der Waals surface area (Å²) in [6, 6.07) is 8.86. The zero-order chi connectivity index (χ0) is 15.6. The molecule has 0 radical (unpaired) electrons. The first-order chi connectivity index (χ1) is 9.95. The lowest BCUT2D eigenvalue weighted by Gasteiger charge is -2.21. The number of nitrogens with one attached hydrogen (secondary N) is 1. The van der Waals surface area contributed by atoms with Gasteiger partial charge in [0.2, 0.25) is 0 Å². The van der Waals surface area contributed by atoms with Gasteiger partial charge in [-0.15, -0.1) is 0 Å². The van der Waals surface area contributed by atoms with E-state index in [9.17, 15) is 8.78 Å². The van der Waals surface area contributed by atoms with Gasteiger partial charge in [-0.05, 0) is 71.6 Å². The zero-order valence-electron chi connectivity index (χ0n) is 12.3. The normalized spacial score (nSPS) is 12.5. The molecule has 112 valence electrons. The zero-order valence-corrected chi connectivity index (χ0v) is 13.9. The largest absolute Gasteiger partial charge is 0.313 e. The van der Waals surface area contributed by atoms with E-state index in [4.69, 9.17) is 0 Å². The predicted molar refractivity (Wildman–Crippen MR) is 85.5 cm³/mol. The average Bonchev–Trinajstić information content (AvgIpc) is 2.46. The molecule has 0 bridgehead atoms. The van der Waals surface area contributed by atoms with Crippen molar-refractivity contribution < 1.29 is 8.78 Å². The third-order valence-electron chi connectivity index (χ3n) is 3.84. The van der Waals surface area contributed by atoms with Gasteiger partial charge in [0.15, 0.2) is 11.6 Å². The Kier molecular flexibility index (Phi) is 5.12. The smallest absolute Gasteiger partial charge is 0.173 e. The second-order valence-corrected chi connectivity index (χ2v) is 5.97. The Balaban J connectivity index is 2.40. The van der Waals surface area contributed by atoms with Crippen LogP contribution in [0.1, 0.15) is 28.3 Å². The van der Waals surface area contributed by atoms with Crippen molar-refractivity contribution in [3.63, 3.8) is 0 Å². The van der Waals surface area contributed by atoms with E-state index in [1.54, 1.807) is 6.07 Å². The number of hydrogen-bond acceptors (Lipinski definition) is 1. The molecule has 1 N–H and O–H groups in total. The molecular formula is C17H18BrF2N. The van der Waals surface area contributed by atoms with Crippen LogP contribution in [0.5, 0.6) is 0 Å². The van der Waals surface area contributed by atoms with Crippen molar-refractivity contribution >= 4 is 15.9 Å². The Morgan fingerprint density at radius 3 is 2.29 bits per heavy atom. The molecule has 1 atom stereocenters. The molecule has 2 aromatic carbocycles. The van der Waals surface area contributed by atoms with Gasteiger partial charge in [-0.1, -0.05) is 24.3 Å². The van der Waals surface area contributed by atoms with Crippen LogP contribution in [0.3, 0.4) is 0 Å². The summed E-state index contributed by atoms with van der Waals surface area (Å²) in [6.07, 6.45) is 0.721. The minimum Gasteiger partial charge on any atom is -0.313 e. The maximum atomic E-state index is 13.7. The number of benzene rings is 2. The second-order valence-electron chi connectivity index (χ2n) is 5.18. The minimum absolute atomic E-state index is 0.0886. The molecule has 0 aromatic heterocycles. The molecule has 0 amide bonds. The molecule has 21 heavy (non-hydrogen) atoms. The number of rotatable bonds is 4. The Bertz CT molecular complexity index is 635. The van der Waals surface area contributed by atoms with Crippen molar-refractivity contribution in [2.75, 3.05) is 7.05 Å². The number of hydrogen-bond donors (Lipinski definition) is 1. The average molecular weight is 354 g/mol. The highest BCUT2D eigenvalue weighted by atomic mass is 79.9. The van der Waals surface area contributed by atoms with E-state index in [0.717, 1.165) is 12.0 Å². The first-order valence-electron chi connectivity index (χ1n) is 6.81. The summed E-state index contributed by atoms with van der Waals surface area (Å²) in [5.74, 6) is -1.68. The van der Waals surface area contributed by atoms with E-state index in [2.05, 4.69) is 47.2 Å². The fourth-order valence-corrected chi connectivity index (χ4v) is 3.15. The van der Waals surface area contributed by atoms with Crippen LogP contribution in [0.15, 0.2) is 34.8 Å². The van der Waals surface area contributed by atoms with Gasteiger partial charge in [0.05, 0.1) is 4.47 Å². The third kappa shape index (κ3) is 3.33.